The minimum atomic E-state index is -1.57. The summed E-state index contributed by atoms with van der Waals surface area (Å²) in [6.45, 7) is 0.104. The number of thioether (sulfide) groups is 1. The summed E-state index contributed by atoms with van der Waals surface area (Å²) in [4.78, 5) is 72.2. The molecule has 1 saturated heterocycles. The van der Waals surface area contributed by atoms with Crippen LogP contribution in [0.5, 0.6) is 0 Å². The molecule has 4 atom stereocenters. The molecule has 1 fully saturated rings. The number of hydrogen-bond donors (Lipinski definition) is 6. The Labute approximate surface area is 188 Å². The van der Waals surface area contributed by atoms with Crippen LogP contribution < -0.4 is 16.4 Å². The SMILES string of the molecule is CSCCC(NC(=O)C1CCCN1C(=O)C(CC(=O)O)NC(=O)C(N)CC(=O)O)C(=O)O. The van der Waals surface area contributed by atoms with Crippen LogP contribution in [0.15, 0.2) is 0 Å². The molecule has 0 aliphatic carbocycles. The number of nitrogens with two attached hydrogens (primary N) is 1. The molecule has 1 rings (SSSR count). The van der Waals surface area contributed by atoms with Crippen LogP contribution >= 0.6 is 11.8 Å². The molecule has 13 nitrogen and oxygen atoms in total. The zero-order valence-corrected chi connectivity index (χ0v) is 18.3. The molecule has 32 heavy (non-hydrogen) atoms. The van der Waals surface area contributed by atoms with Crippen LogP contribution in [-0.4, -0.2) is 98.6 Å². The number of carboxylic acid groups (broad SMARTS) is 3. The Morgan fingerprint density at radius 3 is 2.19 bits per heavy atom. The van der Waals surface area contributed by atoms with Gasteiger partial charge in [0.05, 0.1) is 18.9 Å². The lowest BCUT2D eigenvalue weighted by molar-refractivity contribution is -0.147. The maximum atomic E-state index is 13.0. The van der Waals surface area contributed by atoms with Crippen LogP contribution in [0.25, 0.3) is 0 Å². The van der Waals surface area contributed by atoms with E-state index in [2.05, 4.69) is 10.6 Å². The molecule has 7 N–H and O–H groups in total. The van der Waals surface area contributed by atoms with E-state index >= 15 is 0 Å². The Hall–Kier alpha value is -2.87. The zero-order valence-electron chi connectivity index (χ0n) is 17.5. The fourth-order valence-corrected chi connectivity index (χ4v) is 3.67. The molecule has 1 aliphatic rings. The van der Waals surface area contributed by atoms with E-state index in [1.54, 1.807) is 6.26 Å². The number of aliphatic carboxylic acids is 3. The van der Waals surface area contributed by atoms with Crippen molar-refractivity contribution < 1.29 is 44.1 Å². The minimum absolute atomic E-state index is 0.104. The summed E-state index contributed by atoms with van der Waals surface area (Å²) in [5, 5.41) is 31.7. The summed E-state index contributed by atoms with van der Waals surface area (Å²) in [7, 11) is 0. The first-order valence-electron chi connectivity index (χ1n) is 9.80. The molecule has 14 heteroatoms. The average molecular weight is 477 g/mol. The molecule has 0 aromatic rings. The van der Waals surface area contributed by atoms with E-state index in [9.17, 15) is 33.9 Å². The van der Waals surface area contributed by atoms with E-state index < -0.39 is 72.6 Å². The first-order chi connectivity index (χ1) is 15.0. The van der Waals surface area contributed by atoms with Gasteiger partial charge >= 0.3 is 17.9 Å². The van der Waals surface area contributed by atoms with Crippen molar-refractivity contribution in [1.29, 1.82) is 0 Å². The van der Waals surface area contributed by atoms with Gasteiger partial charge in [-0.3, -0.25) is 24.0 Å². The highest BCUT2D eigenvalue weighted by Gasteiger charge is 2.39. The molecule has 0 saturated carbocycles. The number of carbonyl (C=O) groups is 6. The van der Waals surface area contributed by atoms with E-state index in [4.69, 9.17) is 15.9 Å². The van der Waals surface area contributed by atoms with Gasteiger partial charge in [0.25, 0.3) is 0 Å². The summed E-state index contributed by atoms with van der Waals surface area (Å²) >= 11 is 1.41. The molecule has 0 radical (unpaired) electrons. The van der Waals surface area contributed by atoms with Gasteiger partial charge in [0.15, 0.2) is 0 Å². The fourth-order valence-electron chi connectivity index (χ4n) is 3.20. The fraction of sp³-hybridized carbons (Fsp3) is 0.667. The Balaban J connectivity index is 2.94. The molecule has 1 aliphatic heterocycles. The third-order valence-electron chi connectivity index (χ3n) is 4.79. The molecule has 0 aromatic heterocycles. The summed E-state index contributed by atoms with van der Waals surface area (Å²) in [6.07, 6.45) is 1.10. The average Bonchev–Trinajstić information content (AvgIpc) is 3.18. The molecule has 0 spiro atoms. The Bertz CT molecular complexity index is 748. The van der Waals surface area contributed by atoms with Crippen molar-refractivity contribution in [3.63, 3.8) is 0 Å². The largest absolute Gasteiger partial charge is 0.481 e. The Kier molecular flexibility index (Phi) is 10.9. The number of carbonyl (C=O) groups excluding carboxylic acids is 3. The van der Waals surface area contributed by atoms with Gasteiger partial charge in [0, 0.05) is 6.54 Å². The van der Waals surface area contributed by atoms with E-state index in [-0.39, 0.29) is 19.4 Å². The van der Waals surface area contributed by atoms with Crippen molar-refractivity contribution in [3.8, 4) is 0 Å². The van der Waals surface area contributed by atoms with E-state index in [0.29, 0.717) is 12.2 Å². The van der Waals surface area contributed by atoms with Crippen molar-refractivity contribution in [2.24, 2.45) is 5.73 Å². The highest BCUT2D eigenvalue weighted by molar-refractivity contribution is 7.98. The number of likely N-dealkylation sites (tertiary alicyclic amines) is 1. The zero-order chi connectivity index (χ0) is 24.4. The van der Waals surface area contributed by atoms with Crippen molar-refractivity contribution in [2.75, 3.05) is 18.6 Å². The first kappa shape index (κ1) is 27.2. The number of rotatable bonds is 13. The summed E-state index contributed by atoms with van der Waals surface area (Å²) in [6, 6.07) is -5.24. The van der Waals surface area contributed by atoms with Crippen LogP contribution in [0.3, 0.4) is 0 Å². The number of carboxylic acids is 3. The lowest BCUT2D eigenvalue weighted by Gasteiger charge is -2.29. The molecular weight excluding hydrogens is 448 g/mol. The highest BCUT2D eigenvalue weighted by atomic mass is 32.2. The quantitative estimate of drug-likeness (QED) is 0.172. The maximum Gasteiger partial charge on any atom is 0.326 e. The minimum Gasteiger partial charge on any atom is -0.481 e. The van der Waals surface area contributed by atoms with E-state index in [1.165, 1.54) is 11.8 Å². The van der Waals surface area contributed by atoms with Crippen LogP contribution in [0.2, 0.25) is 0 Å². The second kappa shape index (κ2) is 12.9. The number of nitrogens with zero attached hydrogens (tertiary/aromatic N) is 1. The van der Waals surface area contributed by atoms with Crippen molar-refractivity contribution in [1.82, 2.24) is 15.5 Å². The van der Waals surface area contributed by atoms with Gasteiger partial charge in [-0.05, 0) is 31.3 Å². The van der Waals surface area contributed by atoms with Crippen LogP contribution in [0.1, 0.15) is 32.1 Å². The number of amides is 3. The van der Waals surface area contributed by atoms with Crippen LogP contribution in [0, 0.1) is 0 Å². The molecule has 180 valence electrons. The van der Waals surface area contributed by atoms with Gasteiger partial charge in [-0.25, -0.2) is 4.79 Å². The van der Waals surface area contributed by atoms with E-state index in [1.807, 2.05) is 0 Å². The van der Waals surface area contributed by atoms with Crippen molar-refractivity contribution >= 4 is 47.4 Å². The Morgan fingerprint density at radius 2 is 1.66 bits per heavy atom. The lowest BCUT2D eigenvalue weighted by atomic mass is 10.1. The van der Waals surface area contributed by atoms with Crippen LogP contribution in [-0.2, 0) is 28.8 Å². The molecule has 1 heterocycles. The normalized spacial score (nSPS) is 18.3. The van der Waals surface area contributed by atoms with Crippen molar-refractivity contribution in [3.05, 3.63) is 0 Å². The third kappa shape index (κ3) is 8.34. The van der Waals surface area contributed by atoms with Gasteiger partial charge in [0.2, 0.25) is 17.7 Å². The van der Waals surface area contributed by atoms with Gasteiger partial charge in [-0.15, -0.1) is 0 Å². The van der Waals surface area contributed by atoms with Gasteiger partial charge in [-0.1, -0.05) is 0 Å². The lowest BCUT2D eigenvalue weighted by Crippen LogP contribution is -2.57. The predicted molar refractivity (Wildman–Crippen MR) is 112 cm³/mol. The smallest absolute Gasteiger partial charge is 0.326 e. The molecule has 4 unspecified atom stereocenters. The highest BCUT2D eigenvalue weighted by Crippen LogP contribution is 2.20. The molecule has 3 amide bonds. The summed E-state index contributed by atoms with van der Waals surface area (Å²) < 4.78 is 0. The number of nitrogens with one attached hydrogen (secondary N) is 2. The van der Waals surface area contributed by atoms with Crippen molar-refractivity contribution in [2.45, 2.75) is 56.3 Å². The summed E-state index contributed by atoms with van der Waals surface area (Å²) in [5.74, 6) is -6.03. The molecule has 0 aromatic carbocycles. The van der Waals surface area contributed by atoms with E-state index in [0.717, 1.165) is 4.90 Å². The predicted octanol–water partition coefficient (Wildman–Crippen LogP) is -1.94. The van der Waals surface area contributed by atoms with Gasteiger partial charge < -0.3 is 36.6 Å². The molecular formula is C18H28N4O9S. The summed E-state index contributed by atoms with van der Waals surface area (Å²) in [5.41, 5.74) is 5.46. The number of hydrogen-bond acceptors (Lipinski definition) is 8. The second-order valence-electron chi connectivity index (χ2n) is 7.23. The monoisotopic (exact) mass is 476 g/mol. The van der Waals surface area contributed by atoms with Crippen LogP contribution in [0.4, 0.5) is 0 Å². The van der Waals surface area contributed by atoms with Gasteiger partial charge in [-0.2, -0.15) is 11.8 Å². The standard InChI is InChI=1S/C18H28N4O9S/c1-32-6-4-10(18(30)31)20-16(28)12-3-2-5-22(12)17(29)11(8-14(25)26)21-15(27)9(19)7-13(23)24/h9-12H,2-8,19H2,1H3,(H,20,28)(H,21,27)(H,23,24)(H,25,26)(H,30,31). The Morgan fingerprint density at radius 1 is 1.03 bits per heavy atom. The first-order valence-corrected chi connectivity index (χ1v) is 11.2. The van der Waals surface area contributed by atoms with Gasteiger partial charge in [0.1, 0.15) is 18.1 Å². The second-order valence-corrected chi connectivity index (χ2v) is 8.22. The maximum absolute atomic E-state index is 13.0. The molecule has 0 bridgehead atoms. The third-order valence-corrected chi connectivity index (χ3v) is 5.43. The topological polar surface area (TPSA) is 216 Å².